The molecule has 1 rings (SSSR count). The first-order chi connectivity index (χ1) is 10.1. The fourth-order valence-corrected chi connectivity index (χ4v) is 2.03. The molecular formula is C15H18F3NO3. The van der Waals surface area contributed by atoms with Crippen LogP contribution < -0.4 is 0 Å². The summed E-state index contributed by atoms with van der Waals surface area (Å²) in [6.45, 7) is 2.03. The van der Waals surface area contributed by atoms with Gasteiger partial charge in [0, 0.05) is 12.1 Å². The number of carbonyl (C=O) groups excluding carboxylic acids is 1. The number of amides is 1. The van der Waals surface area contributed by atoms with Crippen molar-refractivity contribution >= 4 is 11.9 Å². The Morgan fingerprint density at radius 1 is 1.18 bits per heavy atom. The van der Waals surface area contributed by atoms with E-state index < -0.39 is 24.6 Å². The SMILES string of the molecule is CCCCN(CC(F)(F)F)C(=O)c1cc(C)cc(C(=O)O)c1. The average Bonchev–Trinajstić information content (AvgIpc) is 2.40. The van der Waals surface area contributed by atoms with Gasteiger partial charge in [-0.25, -0.2) is 4.79 Å². The summed E-state index contributed by atoms with van der Waals surface area (Å²) in [5, 5.41) is 8.98. The fourth-order valence-electron chi connectivity index (χ4n) is 2.03. The second kappa shape index (κ2) is 7.29. The molecule has 0 radical (unpaired) electrons. The molecule has 0 atom stereocenters. The molecule has 0 saturated carbocycles. The Kier molecular flexibility index (Phi) is 5.96. The number of hydrogen-bond acceptors (Lipinski definition) is 2. The summed E-state index contributed by atoms with van der Waals surface area (Å²) in [4.78, 5) is 24.0. The van der Waals surface area contributed by atoms with E-state index in [0.29, 0.717) is 23.3 Å². The topological polar surface area (TPSA) is 57.6 Å². The third-order valence-corrected chi connectivity index (χ3v) is 3.01. The van der Waals surface area contributed by atoms with Crippen molar-refractivity contribution in [1.82, 2.24) is 4.90 Å². The number of carbonyl (C=O) groups is 2. The van der Waals surface area contributed by atoms with Crippen LogP contribution in [0, 0.1) is 6.92 Å². The molecule has 122 valence electrons. The maximum Gasteiger partial charge on any atom is 0.406 e. The molecule has 1 aromatic rings. The van der Waals surface area contributed by atoms with E-state index in [1.807, 2.05) is 6.92 Å². The molecule has 0 bridgehead atoms. The van der Waals surface area contributed by atoms with Gasteiger partial charge in [0.1, 0.15) is 6.54 Å². The zero-order valence-corrected chi connectivity index (χ0v) is 12.4. The number of carboxylic acid groups (broad SMARTS) is 1. The van der Waals surface area contributed by atoms with Crippen LogP contribution in [-0.2, 0) is 0 Å². The van der Waals surface area contributed by atoms with Crippen LogP contribution in [0.2, 0.25) is 0 Å². The zero-order chi connectivity index (χ0) is 16.9. The number of alkyl halides is 3. The van der Waals surface area contributed by atoms with Gasteiger partial charge >= 0.3 is 12.1 Å². The van der Waals surface area contributed by atoms with E-state index in [9.17, 15) is 22.8 Å². The van der Waals surface area contributed by atoms with Gasteiger partial charge in [-0.15, -0.1) is 0 Å². The number of nitrogens with zero attached hydrogens (tertiary/aromatic N) is 1. The van der Waals surface area contributed by atoms with E-state index in [-0.39, 0.29) is 17.7 Å². The van der Waals surface area contributed by atoms with E-state index >= 15 is 0 Å². The molecular weight excluding hydrogens is 299 g/mol. The van der Waals surface area contributed by atoms with Crippen molar-refractivity contribution in [1.29, 1.82) is 0 Å². The Morgan fingerprint density at radius 3 is 2.27 bits per heavy atom. The van der Waals surface area contributed by atoms with E-state index in [1.165, 1.54) is 12.1 Å². The zero-order valence-electron chi connectivity index (χ0n) is 12.4. The number of halogens is 3. The number of aryl methyl sites for hydroxylation is 1. The van der Waals surface area contributed by atoms with Crippen LogP contribution in [0.25, 0.3) is 0 Å². The maximum atomic E-state index is 12.6. The standard InChI is InChI=1S/C15H18F3NO3/c1-3-4-5-19(9-15(16,17)18)13(20)11-6-10(2)7-12(8-11)14(21)22/h6-8H,3-5,9H2,1-2H3,(H,21,22). The van der Waals surface area contributed by atoms with Crippen LogP contribution in [0.4, 0.5) is 13.2 Å². The molecule has 4 nitrogen and oxygen atoms in total. The van der Waals surface area contributed by atoms with Crippen molar-refractivity contribution in [2.24, 2.45) is 0 Å². The van der Waals surface area contributed by atoms with Gasteiger partial charge in [0.25, 0.3) is 5.91 Å². The minimum atomic E-state index is -4.50. The number of hydrogen-bond donors (Lipinski definition) is 1. The van der Waals surface area contributed by atoms with Gasteiger partial charge in [0.2, 0.25) is 0 Å². The summed E-state index contributed by atoms with van der Waals surface area (Å²) >= 11 is 0. The summed E-state index contributed by atoms with van der Waals surface area (Å²) in [6, 6.07) is 3.86. The Hall–Kier alpha value is -2.05. The monoisotopic (exact) mass is 317 g/mol. The van der Waals surface area contributed by atoms with Gasteiger partial charge in [0.15, 0.2) is 0 Å². The first-order valence-electron chi connectivity index (χ1n) is 6.85. The summed E-state index contributed by atoms with van der Waals surface area (Å²) < 4.78 is 37.8. The van der Waals surface area contributed by atoms with Crippen LogP contribution in [0.5, 0.6) is 0 Å². The van der Waals surface area contributed by atoms with Crippen molar-refractivity contribution in [3.8, 4) is 0 Å². The lowest BCUT2D eigenvalue weighted by Gasteiger charge is -2.24. The molecule has 0 heterocycles. The number of aromatic carboxylic acids is 1. The molecule has 1 amide bonds. The lowest BCUT2D eigenvalue weighted by atomic mass is 10.1. The predicted octanol–water partition coefficient (Wildman–Crippen LogP) is 3.50. The van der Waals surface area contributed by atoms with Crippen LogP contribution in [0.1, 0.15) is 46.0 Å². The summed E-state index contributed by atoms with van der Waals surface area (Å²) in [5.74, 6) is -2.04. The van der Waals surface area contributed by atoms with Crippen molar-refractivity contribution in [3.05, 3.63) is 34.9 Å². The first-order valence-corrected chi connectivity index (χ1v) is 6.85. The fraction of sp³-hybridized carbons (Fsp3) is 0.467. The van der Waals surface area contributed by atoms with Crippen LogP contribution >= 0.6 is 0 Å². The predicted molar refractivity (Wildman–Crippen MR) is 75.0 cm³/mol. The van der Waals surface area contributed by atoms with Crippen molar-refractivity contribution in [2.75, 3.05) is 13.1 Å². The Morgan fingerprint density at radius 2 is 1.77 bits per heavy atom. The lowest BCUT2D eigenvalue weighted by molar-refractivity contribution is -0.140. The summed E-state index contributed by atoms with van der Waals surface area (Å²) in [5.41, 5.74) is 0.342. The molecule has 22 heavy (non-hydrogen) atoms. The second-order valence-electron chi connectivity index (χ2n) is 5.09. The number of benzene rings is 1. The van der Waals surface area contributed by atoms with Gasteiger partial charge in [-0.2, -0.15) is 13.2 Å². The normalized spacial score (nSPS) is 11.3. The molecule has 0 fully saturated rings. The Bertz CT molecular complexity index is 555. The molecule has 0 spiro atoms. The number of carboxylic acids is 1. The van der Waals surface area contributed by atoms with E-state index in [1.54, 1.807) is 6.92 Å². The van der Waals surface area contributed by atoms with E-state index in [2.05, 4.69) is 0 Å². The van der Waals surface area contributed by atoms with Crippen LogP contribution in [-0.4, -0.2) is 41.1 Å². The van der Waals surface area contributed by atoms with Gasteiger partial charge in [-0.1, -0.05) is 13.3 Å². The molecule has 1 aromatic carbocycles. The number of rotatable bonds is 6. The number of unbranched alkanes of at least 4 members (excludes halogenated alkanes) is 1. The molecule has 0 saturated heterocycles. The highest BCUT2D eigenvalue weighted by molar-refractivity contribution is 5.97. The van der Waals surface area contributed by atoms with Crippen LogP contribution in [0.3, 0.4) is 0 Å². The third kappa shape index (κ3) is 5.38. The second-order valence-corrected chi connectivity index (χ2v) is 5.09. The van der Waals surface area contributed by atoms with Crippen molar-refractivity contribution in [2.45, 2.75) is 32.9 Å². The minimum absolute atomic E-state index is 0.0226. The van der Waals surface area contributed by atoms with Crippen molar-refractivity contribution in [3.63, 3.8) is 0 Å². The largest absolute Gasteiger partial charge is 0.478 e. The van der Waals surface area contributed by atoms with Gasteiger partial charge in [0.05, 0.1) is 5.56 Å². The molecule has 1 N–H and O–H groups in total. The first kappa shape index (κ1) is 18.0. The molecule has 0 aromatic heterocycles. The van der Waals surface area contributed by atoms with Gasteiger partial charge in [-0.05, 0) is 37.1 Å². The lowest BCUT2D eigenvalue weighted by Crippen LogP contribution is -2.39. The third-order valence-electron chi connectivity index (χ3n) is 3.01. The highest BCUT2D eigenvalue weighted by Gasteiger charge is 2.33. The highest BCUT2D eigenvalue weighted by Crippen LogP contribution is 2.20. The van der Waals surface area contributed by atoms with Gasteiger partial charge < -0.3 is 10.0 Å². The molecule has 0 aliphatic rings. The molecule has 7 heteroatoms. The molecule has 0 unspecified atom stereocenters. The summed E-state index contributed by atoms with van der Waals surface area (Å²) in [6.07, 6.45) is -3.40. The maximum absolute atomic E-state index is 12.6. The van der Waals surface area contributed by atoms with Gasteiger partial charge in [-0.3, -0.25) is 4.79 Å². The molecule has 0 aliphatic heterocycles. The smallest absolute Gasteiger partial charge is 0.406 e. The van der Waals surface area contributed by atoms with Crippen LogP contribution in [0.15, 0.2) is 18.2 Å². The highest BCUT2D eigenvalue weighted by atomic mass is 19.4. The Labute approximate surface area is 126 Å². The summed E-state index contributed by atoms with van der Waals surface area (Å²) in [7, 11) is 0. The quantitative estimate of drug-likeness (QED) is 0.873. The van der Waals surface area contributed by atoms with E-state index in [0.717, 1.165) is 6.07 Å². The minimum Gasteiger partial charge on any atom is -0.478 e. The average molecular weight is 317 g/mol. The Balaban J connectivity index is 3.09. The van der Waals surface area contributed by atoms with E-state index in [4.69, 9.17) is 5.11 Å². The molecule has 0 aliphatic carbocycles. The van der Waals surface area contributed by atoms with Crippen molar-refractivity contribution < 1.29 is 27.9 Å².